The Morgan fingerprint density at radius 1 is 1.12 bits per heavy atom. The second kappa shape index (κ2) is 8.34. The monoisotopic (exact) mass is 227 g/mol. The number of hydrogen-bond donors (Lipinski definition) is 1. The Morgan fingerprint density at radius 3 is 1.88 bits per heavy atom. The molecule has 1 amide bonds. The first-order valence-electron chi connectivity index (χ1n) is 6.39. The number of amides is 1. The molecule has 0 atom stereocenters. The number of nitrogens with one attached hydrogen (secondary N) is 1. The van der Waals surface area contributed by atoms with Gasteiger partial charge in [0, 0.05) is 0 Å². The lowest BCUT2D eigenvalue weighted by Gasteiger charge is -2.38. The Balaban J connectivity index is 4.45. The van der Waals surface area contributed by atoms with Gasteiger partial charge in [-0.25, -0.2) is 0 Å². The van der Waals surface area contributed by atoms with Crippen LogP contribution in [0.1, 0.15) is 40.0 Å². The maximum absolute atomic E-state index is 11.2. The van der Waals surface area contributed by atoms with Crippen LogP contribution in [-0.2, 0) is 4.79 Å². The molecule has 0 bridgehead atoms. The molecule has 0 aromatic rings. The summed E-state index contributed by atoms with van der Waals surface area (Å²) in [7, 11) is 0. The van der Waals surface area contributed by atoms with Crippen LogP contribution in [0.4, 0.5) is 0 Å². The van der Waals surface area contributed by atoms with E-state index < -0.39 is 0 Å². The van der Waals surface area contributed by atoms with Crippen LogP contribution < -0.4 is 5.32 Å². The molecule has 0 fully saturated rings. The summed E-state index contributed by atoms with van der Waals surface area (Å²) in [5.74, 6) is -0.0641. The molecule has 0 aliphatic carbocycles. The van der Waals surface area contributed by atoms with E-state index >= 15 is 0 Å². The van der Waals surface area contributed by atoms with Crippen molar-refractivity contribution in [2.45, 2.75) is 40.0 Å². The van der Waals surface area contributed by atoms with Gasteiger partial charge in [0.2, 0.25) is 5.91 Å². The molecule has 94 valence electrons. The fraction of sp³-hybridized carbons (Fsp3) is 0.769. The lowest BCUT2D eigenvalue weighted by Crippen LogP contribution is -2.55. The highest BCUT2D eigenvalue weighted by Crippen LogP contribution is 2.10. The van der Waals surface area contributed by atoms with Gasteiger partial charge < -0.3 is 9.80 Å². The molecule has 0 saturated heterocycles. The van der Waals surface area contributed by atoms with Gasteiger partial charge in [0.25, 0.3) is 0 Å². The van der Waals surface area contributed by atoms with E-state index in [1.807, 2.05) is 0 Å². The standard InChI is InChI=1S/C13H26N2O/c1-5-9-15(10-6-2,11-7-3)12-14-13(16)8-4/h8H,4-7,9-12H2,1-3H3/p+1. The Morgan fingerprint density at radius 2 is 1.56 bits per heavy atom. The first-order chi connectivity index (χ1) is 7.64. The summed E-state index contributed by atoms with van der Waals surface area (Å²) in [6.07, 6.45) is 4.82. The van der Waals surface area contributed by atoms with Gasteiger partial charge in [-0.05, 0) is 25.3 Å². The minimum absolute atomic E-state index is 0.0641. The van der Waals surface area contributed by atoms with Crippen molar-refractivity contribution in [2.75, 3.05) is 26.3 Å². The highest BCUT2D eigenvalue weighted by molar-refractivity contribution is 5.86. The third-order valence-corrected chi connectivity index (χ3v) is 2.87. The van der Waals surface area contributed by atoms with E-state index in [4.69, 9.17) is 0 Å². The van der Waals surface area contributed by atoms with E-state index in [-0.39, 0.29) is 5.91 Å². The number of carbonyl (C=O) groups is 1. The van der Waals surface area contributed by atoms with E-state index in [9.17, 15) is 4.79 Å². The van der Waals surface area contributed by atoms with Crippen LogP contribution in [0.15, 0.2) is 12.7 Å². The van der Waals surface area contributed by atoms with Crippen molar-refractivity contribution in [1.29, 1.82) is 0 Å². The highest BCUT2D eigenvalue weighted by atomic mass is 16.1. The average molecular weight is 227 g/mol. The summed E-state index contributed by atoms with van der Waals surface area (Å²) in [6.45, 7) is 14.2. The third-order valence-electron chi connectivity index (χ3n) is 2.87. The first kappa shape index (κ1) is 15.2. The quantitative estimate of drug-likeness (QED) is 0.365. The zero-order chi connectivity index (χ0) is 12.4. The van der Waals surface area contributed by atoms with Gasteiger partial charge in [-0.3, -0.25) is 4.79 Å². The molecule has 0 unspecified atom stereocenters. The van der Waals surface area contributed by atoms with Crippen LogP contribution in [0, 0.1) is 0 Å². The van der Waals surface area contributed by atoms with Crippen LogP contribution in [0.2, 0.25) is 0 Å². The van der Waals surface area contributed by atoms with Crippen LogP contribution in [0.25, 0.3) is 0 Å². The zero-order valence-corrected chi connectivity index (χ0v) is 11.1. The summed E-state index contributed by atoms with van der Waals surface area (Å²) >= 11 is 0. The molecule has 3 heteroatoms. The second-order valence-electron chi connectivity index (χ2n) is 4.42. The van der Waals surface area contributed by atoms with Crippen LogP contribution >= 0.6 is 0 Å². The van der Waals surface area contributed by atoms with Crippen LogP contribution in [0.3, 0.4) is 0 Å². The van der Waals surface area contributed by atoms with Gasteiger partial charge in [-0.15, -0.1) is 0 Å². The van der Waals surface area contributed by atoms with Gasteiger partial charge >= 0.3 is 0 Å². The van der Waals surface area contributed by atoms with Crippen molar-refractivity contribution in [1.82, 2.24) is 5.32 Å². The van der Waals surface area contributed by atoms with E-state index in [0.717, 1.165) is 50.0 Å². The fourth-order valence-corrected chi connectivity index (χ4v) is 2.31. The predicted molar refractivity (Wildman–Crippen MR) is 68.9 cm³/mol. The van der Waals surface area contributed by atoms with Crippen molar-refractivity contribution in [3.8, 4) is 0 Å². The van der Waals surface area contributed by atoms with Crippen molar-refractivity contribution in [3.05, 3.63) is 12.7 Å². The normalized spacial score (nSPS) is 11.2. The largest absolute Gasteiger partial charge is 0.307 e. The number of quaternary nitrogens is 1. The van der Waals surface area contributed by atoms with E-state index in [2.05, 4.69) is 32.7 Å². The topological polar surface area (TPSA) is 29.1 Å². The third kappa shape index (κ3) is 5.31. The van der Waals surface area contributed by atoms with Crippen molar-refractivity contribution in [3.63, 3.8) is 0 Å². The molecule has 1 N–H and O–H groups in total. The minimum atomic E-state index is -0.0641. The molecule has 0 saturated carbocycles. The maximum Gasteiger partial charge on any atom is 0.247 e. The summed E-state index contributed by atoms with van der Waals surface area (Å²) in [6, 6.07) is 0. The number of nitrogens with zero attached hydrogens (tertiary/aromatic N) is 1. The predicted octanol–water partition coefficient (Wildman–Crippen LogP) is 2.29. The molecular weight excluding hydrogens is 200 g/mol. The van der Waals surface area contributed by atoms with Crippen molar-refractivity contribution in [2.24, 2.45) is 0 Å². The van der Waals surface area contributed by atoms with Crippen LogP contribution in [0.5, 0.6) is 0 Å². The smallest absolute Gasteiger partial charge is 0.247 e. The minimum Gasteiger partial charge on any atom is -0.307 e. The summed E-state index contributed by atoms with van der Waals surface area (Å²) < 4.78 is 1.00. The SMILES string of the molecule is C=CC(=O)NC[N+](CCC)(CCC)CCC. The molecule has 16 heavy (non-hydrogen) atoms. The summed E-state index contributed by atoms with van der Waals surface area (Å²) in [5, 5.41) is 2.94. The Labute approximate surface area is 100 Å². The van der Waals surface area contributed by atoms with Crippen molar-refractivity contribution >= 4 is 5.91 Å². The number of hydrogen-bond acceptors (Lipinski definition) is 1. The molecule has 0 radical (unpaired) electrons. The fourth-order valence-electron chi connectivity index (χ4n) is 2.31. The highest BCUT2D eigenvalue weighted by Gasteiger charge is 2.24. The van der Waals surface area contributed by atoms with Gasteiger partial charge in [-0.1, -0.05) is 27.4 Å². The second-order valence-corrected chi connectivity index (χ2v) is 4.42. The van der Waals surface area contributed by atoms with Crippen molar-refractivity contribution < 1.29 is 9.28 Å². The van der Waals surface area contributed by atoms with Gasteiger partial charge in [0.15, 0.2) is 6.67 Å². The molecule has 0 aliphatic rings. The molecule has 0 aromatic carbocycles. The van der Waals surface area contributed by atoms with E-state index in [1.54, 1.807) is 0 Å². The molecule has 0 heterocycles. The van der Waals surface area contributed by atoms with E-state index in [1.165, 1.54) is 6.08 Å². The Bertz CT molecular complexity index is 197. The number of rotatable bonds is 9. The lowest BCUT2D eigenvalue weighted by atomic mass is 10.2. The van der Waals surface area contributed by atoms with Gasteiger partial charge in [0.05, 0.1) is 19.6 Å². The molecule has 0 rings (SSSR count). The molecule has 0 spiro atoms. The number of carbonyl (C=O) groups excluding carboxylic acids is 1. The van der Waals surface area contributed by atoms with Gasteiger partial charge in [-0.2, -0.15) is 0 Å². The molecule has 0 aromatic heterocycles. The van der Waals surface area contributed by atoms with E-state index in [0.29, 0.717) is 0 Å². The lowest BCUT2D eigenvalue weighted by molar-refractivity contribution is -0.930. The Hall–Kier alpha value is -0.830. The Kier molecular flexibility index (Phi) is 7.90. The maximum atomic E-state index is 11.2. The summed E-state index contributed by atoms with van der Waals surface area (Å²) in [4.78, 5) is 11.2. The first-order valence-corrected chi connectivity index (χ1v) is 6.39. The van der Waals surface area contributed by atoms with Gasteiger partial charge in [0.1, 0.15) is 0 Å². The molecular formula is C13H27N2O+. The molecule has 3 nitrogen and oxygen atoms in total. The summed E-state index contributed by atoms with van der Waals surface area (Å²) in [5.41, 5.74) is 0. The average Bonchev–Trinajstić information content (AvgIpc) is 2.27. The van der Waals surface area contributed by atoms with Crippen LogP contribution in [-0.4, -0.2) is 36.7 Å². The zero-order valence-electron chi connectivity index (χ0n) is 11.1. The molecule has 0 aliphatic heterocycles.